The second kappa shape index (κ2) is 7.36. The predicted octanol–water partition coefficient (Wildman–Crippen LogP) is 3.05. The van der Waals surface area contributed by atoms with Crippen LogP contribution in [0.15, 0.2) is 5.38 Å². The van der Waals surface area contributed by atoms with Crippen LogP contribution in [0.5, 0.6) is 0 Å². The summed E-state index contributed by atoms with van der Waals surface area (Å²) >= 11 is 1.76. The second-order valence-corrected chi connectivity index (χ2v) is 7.09. The van der Waals surface area contributed by atoms with Gasteiger partial charge < -0.3 is 5.32 Å². The highest BCUT2D eigenvalue weighted by Gasteiger charge is 2.22. The van der Waals surface area contributed by atoms with Crippen LogP contribution in [0.2, 0.25) is 0 Å². The van der Waals surface area contributed by atoms with Gasteiger partial charge >= 0.3 is 0 Å². The minimum atomic E-state index is 0.689. The molecule has 2 heterocycles. The van der Waals surface area contributed by atoms with E-state index in [0.717, 1.165) is 25.6 Å². The van der Waals surface area contributed by atoms with Crippen molar-refractivity contribution < 1.29 is 0 Å². The number of hydrogen-bond acceptors (Lipinski definition) is 4. The zero-order valence-corrected chi connectivity index (χ0v) is 13.3. The molecule has 1 aromatic rings. The lowest BCUT2D eigenvalue weighted by molar-refractivity contribution is 0.135. The number of aryl methyl sites for hydroxylation is 1. The summed E-state index contributed by atoms with van der Waals surface area (Å²) in [7, 11) is 0. The van der Waals surface area contributed by atoms with E-state index in [-0.39, 0.29) is 0 Å². The summed E-state index contributed by atoms with van der Waals surface area (Å²) in [6.07, 6.45) is 4.04. The molecule has 1 atom stereocenters. The Morgan fingerprint density at radius 3 is 3.00 bits per heavy atom. The van der Waals surface area contributed by atoms with Crippen molar-refractivity contribution in [3.63, 3.8) is 0 Å². The summed E-state index contributed by atoms with van der Waals surface area (Å²) in [5.74, 6) is 0.734. The molecule has 0 spiro atoms. The van der Waals surface area contributed by atoms with Crippen LogP contribution in [0, 0.1) is 12.8 Å². The Bertz CT molecular complexity index is 375. The molecule has 0 aromatic carbocycles. The van der Waals surface area contributed by atoms with Crippen molar-refractivity contribution in [3.05, 3.63) is 16.1 Å². The maximum Gasteiger partial charge on any atom is 0.0897 e. The van der Waals surface area contributed by atoms with Crippen LogP contribution in [0.1, 0.15) is 43.8 Å². The molecule has 0 radical (unpaired) electrons. The van der Waals surface area contributed by atoms with Crippen molar-refractivity contribution in [2.75, 3.05) is 19.6 Å². The first-order valence-corrected chi connectivity index (χ1v) is 8.39. The summed E-state index contributed by atoms with van der Waals surface area (Å²) in [4.78, 5) is 7.22. The molecule has 19 heavy (non-hydrogen) atoms. The molecule has 1 fully saturated rings. The van der Waals surface area contributed by atoms with Gasteiger partial charge in [-0.1, -0.05) is 20.3 Å². The average molecular weight is 281 g/mol. The van der Waals surface area contributed by atoms with E-state index in [1.54, 1.807) is 11.3 Å². The fourth-order valence-corrected chi connectivity index (χ4v) is 3.33. The largest absolute Gasteiger partial charge is 0.315 e. The Kier molecular flexibility index (Phi) is 5.79. The lowest BCUT2D eigenvalue weighted by Gasteiger charge is -2.35. The van der Waals surface area contributed by atoms with Crippen LogP contribution in [0.4, 0.5) is 0 Å². The van der Waals surface area contributed by atoms with E-state index in [1.165, 1.54) is 36.5 Å². The number of nitrogens with zero attached hydrogens (tertiary/aromatic N) is 2. The van der Waals surface area contributed by atoms with E-state index in [0.29, 0.717) is 6.04 Å². The summed E-state index contributed by atoms with van der Waals surface area (Å²) < 4.78 is 0. The molecular formula is C15H27N3S. The third-order valence-electron chi connectivity index (χ3n) is 3.71. The van der Waals surface area contributed by atoms with Gasteiger partial charge in [-0.2, -0.15) is 0 Å². The number of thiazole rings is 1. The Morgan fingerprint density at radius 2 is 2.32 bits per heavy atom. The van der Waals surface area contributed by atoms with Crippen molar-refractivity contribution >= 4 is 11.3 Å². The van der Waals surface area contributed by atoms with Crippen molar-refractivity contribution in [3.8, 4) is 0 Å². The molecule has 1 aliphatic heterocycles. The molecular weight excluding hydrogens is 254 g/mol. The van der Waals surface area contributed by atoms with Crippen LogP contribution in [-0.2, 0) is 6.54 Å². The van der Waals surface area contributed by atoms with Crippen molar-refractivity contribution in [1.82, 2.24) is 15.2 Å². The average Bonchev–Trinajstić information content (AvgIpc) is 2.77. The highest BCUT2D eigenvalue weighted by molar-refractivity contribution is 7.09. The molecule has 1 aromatic heterocycles. The van der Waals surface area contributed by atoms with Gasteiger partial charge in [-0.15, -0.1) is 11.3 Å². The molecule has 1 saturated heterocycles. The second-order valence-electron chi connectivity index (χ2n) is 6.03. The van der Waals surface area contributed by atoms with E-state index in [4.69, 9.17) is 0 Å². The standard InChI is InChI=1S/C15H27N3S/c1-12(2)8-16-9-15-6-4-5-7-18(15)10-14-11-19-13(3)17-14/h11-12,15-16H,4-10H2,1-3H3. The Hall–Kier alpha value is -0.450. The fourth-order valence-electron chi connectivity index (χ4n) is 2.73. The lowest BCUT2D eigenvalue weighted by Crippen LogP contribution is -2.45. The quantitative estimate of drug-likeness (QED) is 0.868. The van der Waals surface area contributed by atoms with E-state index in [2.05, 4.69) is 41.4 Å². The molecule has 108 valence electrons. The Balaban J connectivity index is 1.84. The topological polar surface area (TPSA) is 28.2 Å². The van der Waals surface area contributed by atoms with Crippen LogP contribution < -0.4 is 5.32 Å². The van der Waals surface area contributed by atoms with Gasteiger partial charge in [0.25, 0.3) is 0 Å². The zero-order chi connectivity index (χ0) is 13.7. The number of piperidine rings is 1. The van der Waals surface area contributed by atoms with E-state index in [9.17, 15) is 0 Å². The molecule has 0 aliphatic carbocycles. The first-order valence-electron chi connectivity index (χ1n) is 7.51. The summed E-state index contributed by atoms with van der Waals surface area (Å²) in [6, 6.07) is 0.689. The minimum Gasteiger partial charge on any atom is -0.315 e. The number of likely N-dealkylation sites (tertiary alicyclic amines) is 1. The maximum absolute atomic E-state index is 4.60. The SMILES string of the molecule is Cc1nc(CN2CCCCC2CNCC(C)C)cs1. The van der Waals surface area contributed by atoms with E-state index >= 15 is 0 Å². The molecule has 0 amide bonds. The van der Waals surface area contributed by atoms with Gasteiger partial charge in [0.2, 0.25) is 0 Å². The predicted molar refractivity (Wildman–Crippen MR) is 82.6 cm³/mol. The monoisotopic (exact) mass is 281 g/mol. The molecule has 1 aliphatic rings. The smallest absolute Gasteiger partial charge is 0.0897 e. The third-order valence-corrected chi connectivity index (χ3v) is 4.54. The van der Waals surface area contributed by atoms with Crippen molar-refractivity contribution in [2.24, 2.45) is 5.92 Å². The lowest BCUT2D eigenvalue weighted by atomic mass is 10.0. The number of nitrogens with one attached hydrogen (secondary N) is 1. The highest BCUT2D eigenvalue weighted by Crippen LogP contribution is 2.20. The van der Waals surface area contributed by atoms with Crippen LogP contribution in [-0.4, -0.2) is 35.6 Å². The normalized spacial score (nSPS) is 21.2. The minimum absolute atomic E-state index is 0.689. The highest BCUT2D eigenvalue weighted by atomic mass is 32.1. The fraction of sp³-hybridized carbons (Fsp3) is 0.800. The van der Waals surface area contributed by atoms with Crippen LogP contribution in [0.25, 0.3) is 0 Å². The first-order chi connectivity index (χ1) is 9.15. The number of rotatable bonds is 6. The van der Waals surface area contributed by atoms with Gasteiger partial charge in [0, 0.05) is 24.5 Å². The molecule has 1 unspecified atom stereocenters. The van der Waals surface area contributed by atoms with Gasteiger partial charge in [-0.3, -0.25) is 4.90 Å². The van der Waals surface area contributed by atoms with E-state index < -0.39 is 0 Å². The molecule has 4 heteroatoms. The molecule has 2 rings (SSSR count). The van der Waals surface area contributed by atoms with Gasteiger partial charge in [0.15, 0.2) is 0 Å². The van der Waals surface area contributed by atoms with Gasteiger partial charge in [0.05, 0.1) is 10.7 Å². The summed E-state index contributed by atoms with van der Waals surface area (Å²) in [5.41, 5.74) is 1.25. The van der Waals surface area contributed by atoms with Crippen LogP contribution >= 0.6 is 11.3 Å². The molecule has 0 saturated carbocycles. The van der Waals surface area contributed by atoms with Gasteiger partial charge in [0.1, 0.15) is 0 Å². The number of hydrogen-bond donors (Lipinski definition) is 1. The van der Waals surface area contributed by atoms with E-state index in [1.807, 2.05) is 0 Å². The molecule has 3 nitrogen and oxygen atoms in total. The first kappa shape index (κ1) is 14.9. The van der Waals surface area contributed by atoms with Crippen molar-refractivity contribution in [2.45, 2.75) is 52.6 Å². The summed E-state index contributed by atoms with van der Waals surface area (Å²) in [6.45, 7) is 11.1. The molecule has 0 bridgehead atoms. The third kappa shape index (κ3) is 4.86. The Morgan fingerprint density at radius 1 is 1.47 bits per heavy atom. The van der Waals surface area contributed by atoms with Crippen LogP contribution in [0.3, 0.4) is 0 Å². The zero-order valence-electron chi connectivity index (χ0n) is 12.5. The van der Waals surface area contributed by atoms with Crippen molar-refractivity contribution in [1.29, 1.82) is 0 Å². The number of aromatic nitrogens is 1. The molecule has 1 N–H and O–H groups in total. The summed E-state index contributed by atoms with van der Waals surface area (Å²) in [5, 5.41) is 7.01. The maximum atomic E-state index is 4.60. The van der Waals surface area contributed by atoms with Gasteiger partial charge in [-0.05, 0) is 38.8 Å². The van der Waals surface area contributed by atoms with Gasteiger partial charge in [-0.25, -0.2) is 4.98 Å². The Labute approximate surface area is 121 Å².